The molecule has 0 aliphatic heterocycles. The van der Waals surface area contributed by atoms with E-state index in [0.29, 0.717) is 17.8 Å². The van der Waals surface area contributed by atoms with E-state index < -0.39 is 0 Å². The summed E-state index contributed by atoms with van der Waals surface area (Å²) in [6.07, 6.45) is 0. The Morgan fingerprint density at radius 3 is 2.80 bits per heavy atom. The van der Waals surface area contributed by atoms with Gasteiger partial charge in [0.25, 0.3) is 5.91 Å². The van der Waals surface area contributed by atoms with Crippen molar-refractivity contribution < 1.29 is 4.79 Å². The maximum atomic E-state index is 12.5. The van der Waals surface area contributed by atoms with Gasteiger partial charge in [-0.3, -0.25) is 10.6 Å². The molecule has 3 N–H and O–H groups in total. The third-order valence-electron chi connectivity index (χ3n) is 2.97. The standard InChI is InChI=1S/C14H18N4OS/c1-9-4-5-12(13(6-9)17-15)14(19)18(3)7-11-8-20-10(2)16-11/h4-6,8,17H,7,15H2,1-3H3. The molecule has 1 aromatic heterocycles. The number of aryl methyl sites for hydroxylation is 2. The van der Waals surface area contributed by atoms with Gasteiger partial charge in [-0.2, -0.15) is 0 Å². The van der Waals surface area contributed by atoms with E-state index in [1.165, 1.54) is 0 Å². The van der Waals surface area contributed by atoms with Crippen molar-refractivity contribution in [2.45, 2.75) is 20.4 Å². The highest BCUT2D eigenvalue weighted by atomic mass is 32.1. The van der Waals surface area contributed by atoms with Gasteiger partial charge in [0.1, 0.15) is 0 Å². The normalized spacial score (nSPS) is 10.4. The minimum Gasteiger partial charge on any atom is -0.336 e. The number of anilines is 1. The highest BCUT2D eigenvalue weighted by Gasteiger charge is 2.16. The Balaban J connectivity index is 2.18. The maximum Gasteiger partial charge on any atom is 0.256 e. The van der Waals surface area contributed by atoms with E-state index in [9.17, 15) is 4.79 Å². The van der Waals surface area contributed by atoms with Crippen molar-refractivity contribution in [2.24, 2.45) is 5.84 Å². The van der Waals surface area contributed by atoms with Gasteiger partial charge in [-0.25, -0.2) is 4.98 Å². The zero-order valence-corrected chi connectivity index (χ0v) is 12.6. The Morgan fingerprint density at radius 2 is 2.20 bits per heavy atom. The number of benzene rings is 1. The number of nitrogens with one attached hydrogen (secondary N) is 1. The summed E-state index contributed by atoms with van der Waals surface area (Å²) in [6.45, 7) is 4.39. The highest BCUT2D eigenvalue weighted by Crippen LogP contribution is 2.19. The van der Waals surface area contributed by atoms with Gasteiger partial charge >= 0.3 is 0 Å². The Bertz CT molecular complexity index is 623. The fourth-order valence-corrected chi connectivity index (χ4v) is 2.57. The van der Waals surface area contributed by atoms with E-state index in [1.54, 1.807) is 29.4 Å². The third-order valence-corrected chi connectivity index (χ3v) is 3.80. The summed E-state index contributed by atoms with van der Waals surface area (Å²) in [5, 5.41) is 2.97. The summed E-state index contributed by atoms with van der Waals surface area (Å²) >= 11 is 1.58. The first-order valence-corrected chi connectivity index (χ1v) is 7.13. The second-order valence-electron chi connectivity index (χ2n) is 4.71. The van der Waals surface area contributed by atoms with Crippen LogP contribution < -0.4 is 11.3 Å². The molecule has 1 heterocycles. The molecule has 5 nitrogen and oxygen atoms in total. The monoisotopic (exact) mass is 290 g/mol. The molecule has 20 heavy (non-hydrogen) atoms. The molecule has 0 aliphatic rings. The smallest absolute Gasteiger partial charge is 0.256 e. The first-order valence-electron chi connectivity index (χ1n) is 6.25. The van der Waals surface area contributed by atoms with Gasteiger partial charge in [0.2, 0.25) is 0 Å². The number of aromatic nitrogens is 1. The molecule has 0 saturated heterocycles. The number of carbonyl (C=O) groups excluding carboxylic acids is 1. The van der Waals surface area contributed by atoms with Crippen LogP contribution in [-0.4, -0.2) is 22.8 Å². The minimum atomic E-state index is -0.0800. The molecule has 2 aromatic rings. The lowest BCUT2D eigenvalue weighted by Crippen LogP contribution is -2.27. The molecule has 0 spiro atoms. The minimum absolute atomic E-state index is 0.0800. The summed E-state index contributed by atoms with van der Waals surface area (Å²) in [5.74, 6) is 5.40. The average Bonchev–Trinajstić information content (AvgIpc) is 2.83. The molecule has 106 valence electrons. The van der Waals surface area contributed by atoms with Crippen molar-refractivity contribution in [3.05, 3.63) is 45.4 Å². The quantitative estimate of drug-likeness (QED) is 0.669. The molecule has 1 aromatic carbocycles. The van der Waals surface area contributed by atoms with Gasteiger partial charge in [-0.05, 0) is 31.5 Å². The largest absolute Gasteiger partial charge is 0.336 e. The van der Waals surface area contributed by atoms with Crippen molar-refractivity contribution in [1.82, 2.24) is 9.88 Å². The topological polar surface area (TPSA) is 71.2 Å². The lowest BCUT2D eigenvalue weighted by atomic mass is 10.1. The number of nitrogens with zero attached hydrogens (tertiary/aromatic N) is 2. The molecular formula is C14H18N4OS. The molecule has 2 rings (SSSR count). The lowest BCUT2D eigenvalue weighted by molar-refractivity contribution is 0.0784. The number of thiazole rings is 1. The van der Waals surface area contributed by atoms with E-state index in [4.69, 9.17) is 5.84 Å². The summed E-state index contributed by atoms with van der Waals surface area (Å²) in [6, 6.07) is 5.54. The first-order chi connectivity index (χ1) is 9.51. The summed E-state index contributed by atoms with van der Waals surface area (Å²) in [5.41, 5.74) is 5.73. The predicted octanol–water partition coefficient (Wildman–Crippen LogP) is 2.32. The van der Waals surface area contributed by atoms with Gasteiger partial charge in [0.05, 0.1) is 28.5 Å². The Morgan fingerprint density at radius 1 is 1.45 bits per heavy atom. The van der Waals surface area contributed by atoms with Crippen LogP contribution in [0.4, 0.5) is 5.69 Å². The summed E-state index contributed by atoms with van der Waals surface area (Å²) in [4.78, 5) is 18.5. The first kappa shape index (κ1) is 14.5. The Hall–Kier alpha value is -1.92. The Kier molecular flexibility index (Phi) is 4.36. The number of nitrogens with two attached hydrogens (primary N) is 1. The lowest BCUT2D eigenvalue weighted by Gasteiger charge is -2.18. The number of nitrogen functional groups attached to an aromatic ring is 1. The fourth-order valence-electron chi connectivity index (χ4n) is 1.97. The van der Waals surface area contributed by atoms with Gasteiger partial charge < -0.3 is 10.3 Å². The molecule has 0 atom stereocenters. The number of rotatable bonds is 4. The second-order valence-corrected chi connectivity index (χ2v) is 5.77. The predicted molar refractivity (Wildman–Crippen MR) is 81.6 cm³/mol. The second kappa shape index (κ2) is 6.02. The van der Waals surface area contributed by atoms with Crippen molar-refractivity contribution >= 4 is 22.9 Å². The van der Waals surface area contributed by atoms with Crippen LogP contribution in [0.25, 0.3) is 0 Å². The molecule has 0 aliphatic carbocycles. The van der Waals surface area contributed by atoms with Crippen LogP contribution in [0.1, 0.15) is 26.6 Å². The van der Waals surface area contributed by atoms with Crippen molar-refractivity contribution in [2.75, 3.05) is 12.5 Å². The molecule has 0 unspecified atom stereocenters. The third kappa shape index (κ3) is 3.15. The van der Waals surface area contributed by atoms with Crippen LogP contribution in [0.3, 0.4) is 0 Å². The Labute approximate surface area is 122 Å². The van der Waals surface area contributed by atoms with Gasteiger partial charge in [0.15, 0.2) is 0 Å². The molecule has 0 saturated carbocycles. The zero-order chi connectivity index (χ0) is 14.7. The van der Waals surface area contributed by atoms with Crippen molar-refractivity contribution in [1.29, 1.82) is 0 Å². The van der Waals surface area contributed by atoms with E-state index >= 15 is 0 Å². The average molecular weight is 290 g/mol. The molecule has 0 radical (unpaired) electrons. The van der Waals surface area contributed by atoms with Crippen molar-refractivity contribution in [3.63, 3.8) is 0 Å². The summed E-state index contributed by atoms with van der Waals surface area (Å²) in [7, 11) is 1.76. The maximum absolute atomic E-state index is 12.5. The van der Waals surface area contributed by atoms with Crippen molar-refractivity contribution in [3.8, 4) is 0 Å². The fraction of sp³-hybridized carbons (Fsp3) is 0.286. The van der Waals surface area contributed by atoms with Crippen LogP contribution in [0.2, 0.25) is 0 Å². The highest BCUT2D eigenvalue weighted by molar-refractivity contribution is 7.09. The van der Waals surface area contributed by atoms with E-state index in [1.807, 2.05) is 31.4 Å². The number of hydrazine groups is 1. The van der Waals surface area contributed by atoms with Crippen LogP contribution in [0, 0.1) is 13.8 Å². The summed E-state index contributed by atoms with van der Waals surface area (Å²) < 4.78 is 0. The molecule has 0 fully saturated rings. The van der Waals surface area contributed by atoms with Gasteiger partial charge in [-0.15, -0.1) is 11.3 Å². The van der Waals surface area contributed by atoms with E-state index in [0.717, 1.165) is 16.3 Å². The number of carbonyl (C=O) groups is 1. The zero-order valence-electron chi connectivity index (χ0n) is 11.8. The van der Waals surface area contributed by atoms with Gasteiger partial charge in [0, 0.05) is 12.4 Å². The number of hydrogen-bond acceptors (Lipinski definition) is 5. The van der Waals surface area contributed by atoms with E-state index in [2.05, 4.69) is 10.4 Å². The molecule has 1 amide bonds. The van der Waals surface area contributed by atoms with Crippen LogP contribution in [-0.2, 0) is 6.54 Å². The molecule has 0 bridgehead atoms. The van der Waals surface area contributed by atoms with Gasteiger partial charge in [-0.1, -0.05) is 6.07 Å². The number of hydrogen-bond donors (Lipinski definition) is 2. The van der Waals surface area contributed by atoms with Crippen LogP contribution in [0.15, 0.2) is 23.6 Å². The molecule has 6 heteroatoms. The number of amides is 1. The van der Waals surface area contributed by atoms with Crippen LogP contribution in [0.5, 0.6) is 0 Å². The van der Waals surface area contributed by atoms with E-state index in [-0.39, 0.29) is 5.91 Å². The molecular weight excluding hydrogens is 272 g/mol. The van der Waals surface area contributed by atoms with Crippen LogP contribution >= 0.6 is 11.3 Å². The SMILES string of the molecule is Cc1ccc(C(=O)N(C)Cc2csc(C)n2)c(NN)c1.